The summed E-state index contributed by atoms with van der Waals surface area (Å²) in [7, 11) is 4.49. The molecule has 0 unspecified atom stereocenters. The van der Waals surface area contributed by atoms with Crippen molar-refractivity contribution in [2.75, 3.05) is 34.5 Å². The number of esters is 1. The van der Waals surface area contributed by atoms with E-state index in [1.807, 2.05) is 22.4 Å². The number of hydrogen-bond acceptors (Lipinski definition) is 9. The minimum Gasteiger partial charge on any atom is -0.497 e. The molecule has 9 nitrogen and oxygen atoms in total. The van der Waals surface area contributed by atoms with Gasteiger partial charge in [-0.1, -0.05) is 11.8 Å². The smallest absolute Gasteiger partial charge is 0.338 e. The highest BCUT2D eigenvalue weighted by atomic mass is 32.2. The molecule has 2 atom stereocenters. The second kappa shape index (κ2) is 10.5. The van der Waals surface area contributed by atoms with Crippen molar-refractivity contribution in [2.45, 2.75) is 38.3 Å². The summed E-state index contributed by atoms with van der Waals surface area (Å²) in [6.07, 6.45) is 2.17. The topological polar surface area (TPSA) is 98.7 Å². The van der Waals surface area contributed by atoms with Crippen molar-refractivity contribution in [1.29, 1.82) is 0 Å². The fraction of sp³-hybridized carbons (Fsp3) is 0.458. The molecular weight excluding hydrogens is 458 g/mol. The number of fused-ring (bicyclic) bond motifs is 1. The Labute approximate surface area is 203 Å². The van der Waals surface area contributed by atoms with Gasteiger partial charge in [0.1, 0.15) is 11.5 Å². The van der Waals surface area contributed by atoms with Crippen molar-refractivity contribution >= 4 is 28.8 Å². The highest BCUT2D eigenvalue weighted by molar-refractivity contribution is 8.16. The second-order valence-corrected chi connectivity index (χ2v) is 8.94. The van der Waals surface area contributed by atoms with Crippen LogP contribution in [-0.2, 0) is 19.1 Å². The predicted molar refractivity (Wildman–Crippen MR) is 129 cm³/mol. The fourth-order valence-electron chi connectivity index (χ4n) is 4.34. The molecule has 0 saturated carbocycles. The lowest BCUT2D eigenvalue weighted by Gasteiger charge is -2.36. The van der Waals surface area contributed by atoms with Gasteiger partial charge in [0, 0.05) is 30.5 Å². The zero-order chi connectivity index (χ0) is 24.2. The quantitative estimate of drug-likeness (QED) is 0.559. The number of thioether (sulfide) groups is 1. The van der Waals surface area contributed by atoms with E-state index < -0.39 is 12.0 Å². The van der Waals surface area contributed by atoms with Gasteiger partial charge < -0.3 is 29.2 Å². The number of carbonyl (C=O) groups is 2. The minimum atomic E-state index is -0.576. The Kier molecular flexibility index (Phi) is 7.47. The molecule has 3 aliphatic heterocycles. The summed E-state index contributed by atoms with van der Waals surface area (Å²) in [4.78, 5) is 32.2. The molecule has 1 N–H and O–H groups in total. The molecule has 1 aromatic rings. The number of benzene rings is 1. The van der Waals surface area contributed by atoms with Gasteiger partial charge in [0.25, 0.3) is 0 Å². The Bertz CT molecular complexity index is 1060. The van der Waals surface area contributed by atoms with E-state index in [2.05, 4.69) is 10.3 Å². The van der Waals surface area contributed by atoms with Crippen molar-refractivity contribution in [2.24, 2.45) is 4.99 Å². The lowest BCUT2D eigenvalue weighted by atomic mass is 9.93. The number of nitrogens with one attached hydrogen (secondary N) is 1. The molecule has 0 aliphatic carbocycles. The van der Waals surface area contributed by atoms with Crippen LogP contribution < -0.4 is 14.8 Å². The largest absolute Gasteiger partial charge is 0.497 e. The summed E-state index contributed by atoms with van der Waals surface area (Å²) in [5.74, 6) is 0.585. The van der Waals surface area contributed by atoms with Crippen LogP contribution >= 0.6 is 11.8 Å². The van der Waals surface area contributed by atoms with Gasteiger partial charge in [0.15, 0.2) is 5.17 Å². The molecule has 3 heterocycles. The van der Waals surface area contributed by atoms with E-state index >= 15 is 0 Å². The number of amidine groups is 1. The molecule has 1 aromatic carbocycles. The molecule has 0 bridgehead atoms. The number of hydrogen-bond donors (Lipinski definition) is 1. The van der Waals surface area contributed by atoms with Crippen molar-refractivity contribution in [1.82, 2.24) is 10.2 Å². The van der Waals surface area contributed by atoms with Crippen LogP contribution in [0.5, 0.6) is 11.5 Å². The molecule has 1 saturated heterocycles. The van der Waals surface area contributed by atoms with E-state index in [-0.39, 0.29) is 18.4 Å². The van der Waals surface area contributed by atoms with Gasteiger partial charge in [-0.25, -0.2) is 9.79 Å². The van der Waals surface area contributed by atoms with Gasteiger partial charge in [0.05, 0.1) is 51.2 Å². The number of allylic oxidation sites excluding steroid dienone is 1. The van der Waals surface area contributed by atoms with Crippen LogP contribution in [0.25, 0.3) is 0 Å². The van der Waals surface area contributed by atoms with Crippen molar-refractivity contribution < 1.29 is 28.5 Å². The molecule has 0 radical (unpaired) electrons. The zero-order valence-electron chi connectivity index (χ0n) is 19.8. The first-order valence-corrected chi connectivity index (χ1v) is 12.0. The molecule has 10 heteroatoms. The van der Waals surface area contributed by atoms with Crippen molar-refractivity contribution in [3.8, 4) is 11.5 Å². The van der Waals surface area contributed by atoms with Gasteiger partial charge in [-0.05, 0) is 37.3 Å². The number of amides is 1. The average molecular weight is 488 g/mol. The van der Waals surface area contributed by atoms with E-state index in [1.54, 1.807) is 27.2 Å². The SMILES string of the molecule is COC(=O)C1=C(C)N=C2SC=C(CC(=O)NC[C@H]3CCCO3)N2[C@@H]1c1ccc(OC)cc1OC. The number of rotatable bonds is 8. The van der Waals surface area contributed by atoms with Gasteiger partial charge in [0.2, 0.25) is 5.91 Å². The maximum atomic E-state index is 12.9. The van der Waals surface area contributed by atoms with Crippen LogP contribution in [-0.4, -0.2) is 62.5 Å². The Hall–Kier alpha value is -2.98. The van der Waals surface area contributed by atoms with Crippen LogP contribution in [0.3, 0.4) is 0 Å². The first-order valence-electron chi connectivity index (χ1n) is 11.1. The summed E-state index contributed by atoms with van der Waals surface area (Å²) in [5.41, 5.74) is 2.43. The number of carbonyl (C=O) groups excluding carboxylic acids is 2. The normalized spacial score (nSPS) is 21.6. The fourth-order valence-corrected chi connectivity index (χ4v) is 5.30. The molecule has 4 rings (SSSR count). The third-order valence-electron chi connectivity index (χ3n) is 6.03. The molecule has 3 aliphatic rings. The molecule has 34 heavy (non-hydrogen) atoms. The number of aliphatic imine (C=N–C) groups is 1. The minimum absolute atomic E-state index is 0.0656. The number of nitrogens with zero attached hydrogens (tertiary/aromatic N) is 2. The van der Waals surface area contributed by atoms with Gasteiger partial charge >= 0.3 is 5.97 Å². The first kappa shape index (κ1) is 24.2. The summed E-state index contributed by atoms with van der Waals surface area (Å²) in [6, 6.07) is 4.87. The molecule has 0 spiro atoms. The highest BCUT2D eigenvalue weighted by Crippen LogP contribution is 2.47. The van der Waals surface area contributed by atoms with Crippen LogP contribution in [0.4, 0.5) is 0 Å². The molecule has 1 amide bonds. The van der Waals surface area contributed by atoms with Crippen molar-refractivity contribution in [3.05, 3.63) is 46.1 Å². The predicted octanol–water partition coefficient (Wildman–Crippen LogP) is 3.14. The summed E-state index contributed by atoms with van der Waals surface area (Å²) >= 11 is 1.42. The van der Waals surface area contributed by atoms with Crippen LogP contribution in [0, 0.1) is 0 Å². The van der Waals surface area contributed by atoms with Gasteiger partial charge in [-0.3, -0.25) is 4.79 Å². The molecular formula is C24H29N3O6S. The maximum Gasteiger partial charge on any atom is 0.338 e. The summed E-state index contributed by atoms with van der Waals surface area (Å²) in [5, 5.41) is 5.56. The Balaban J connectivity index is 1.66. The van der Waals surface area contributed by atoms with E-state index in [1.165, 1.54) is 18.9 Å². The average Bonchev–Trinajstić information content (AvgIpc) is 3.51. The lowest BCUT2D eigenvalue weighted by Crippen LogP contribution is -2.38. The third-order valence-corrected chi connectivity index (χ3v) is 6.92. The summed E-state index contributed by atoms with van der Waals surface area (Å²) in [6.45, 7) is 3.01. The Morgan fingerprint density at radius 3 is 2.76 bits per heavy atom. The second-order valence-electron chi connectivity index (χ2n) is 8.11. The monoisotopic (exact) mass is 487 g/mol. The standard InChI is InChI=1S/C24H29N3O6S/c1-14-21(23(29)32-4)22(18-8-7-16(30-2)11-19(18)31-3)27-15(13-34-24(27)26-14)10-20(28)25-12-17-6-5-9-33-17/h7-8,11,13,17,22H,5-6,9-10,12H2,1-4H3,(H,25,28)/t17-,22-/m1/s1. The zero-order valence-corrected chi connectivity index (χ0v) is 20.6. The van der Waals surface area contributed by atoms with E-state index in [0.29, 0.717) is 34.5 Å². The van der Waals surface area contributed by atoms with Crippen LogP contribution in [0.15, 0.2) is 45.6 Å². The van der Waals surface area contributed by atoms with Crippen LogP contribution in [0.1, 0.15) is 37.8 Å². The van der Waals surface area contributed by atoms with E-state index in [0.717, 1.165) is 30.7 Å². The number of methoxy groups -OCH3 is 3. The van der Waals surface area contributed by atoms with E-state index in [4.69, 9.17) is 18.9 Å². The Morgan fingerprint density at radius 1 is 1.26 bits per heavy atom. The van der Waals surface area contributed by atoms with Crippen LogP contribution in [0.2, 0.25) is 0 Å². The van der Waals surface area contributed by atoms with Gasteiger partial charge in [-0.2, -0.15) is 0 Å². The van der Waals surface area contributed by atoms with Crippen molar-refractivity contribution in [3.63, 3.8) is 0 Å². The Morgan fingerprint density at radius 2 is 2.09 bits per heavy atom. The molecule has 1 fully saturated rings. The lowest BCUT2D eigenvalue weighted by molar-refractivity contribution is -0.136. The molecule has 182 valence electrons. The third kappa shape index (κ3) is 4.78. The van der Waals surface area contributed by atoms with E-state index in [9.17, 15) is 9.59 Å². The molecule has 0 aromatic heterocycles. The maximum absolute atomic E-state index is 12.9. The first-order chi connectivity index (χ1) is 16.5. The number of ether oxygens (including phenoxy) is 4. The van der Waals surface area contributed by atoms with Gasteiger partial charge in [-0.15, -0.1) is 0 Å². The highest BCUT2D eigenvalue weighted by Gasteiger charge is 2.42. The summed E-state index contributed by atoms with van der Waals surface area (Å²) < 4.78 is 21.7.